The first-order chi connectivity index (χ1) is 9.56. The van der Waals surface area contributed by atoms with Gasteiger partial charge in [0.2, 0.25) is 0 Å². The first kappa shape index (κ1) is 14.3. The Balaban J connectivity index is 2.11. The number of halogens is 2. The van der Waals surface area contributed by atoms with Crippen molar-refractivity contribution >= 4 is 45.2 Å². The summed E-state index contributed by atoms with van der Waals surface area (Å²) in [6.07, 6.45) is 3.38. The van der Waals surface area contributed by atoms with Crippen LogP contribution in [0.3, 0.4) is 0 Å². The van der Waals surface area contributed by atoms with Crippen molar-refractivity contribution in [3.8, 4) is 0 Å². The minimum Gasteiger partial charge on any atom is -0.308 e. The molecular weight excluding hydrogens is 317 g/mol. The number of pyridine rings is 1. The summed E-state index contributed by atoms with van der Waals surface area (Å²) >= 11 is 12.2. The smallest absolute Gasteiger partial charge is 0.160 e. The maximum absolute atomic E-state index is 11.5. The summed E-state index contributed by atoms with van der Waals surface area (Å²) in [7, 11) is -0.685. The van der Waals surface area contributed by atoms with E-state index in [-0.39, 0.29) is 11.4 Å². The van der Waals surface area contributed by atoms with Gasteiger partial charge in [0.05, 0.1) is 10.4 Å². The summed E-state index contributed by atoms with van der Waals surface area (Å²) < 4.78 is 13.6. The lowest BCUT2D eigenvalue weighted by Crippen LogP contribution is -2.23. The van der Waals surface area contributed by atoms with E-state index < -0.39 is 10.8 Å². The fourth-order valence-electron chi connectivity index (χ4n) is 2.66. The molecule has 20 heavy (non-hydrogen) atoms. The molecule has 2 aromatic heterocycles. The van der Waals surface area contributed by atoms with Gasteiger partial charge >= 0.3 is 0 Å². The monoisotopic (exact) mass is 331 g/mol. The first-order valence-corrected chi connectivity index (χ1v) is 8.89. The largest absolute Gasteiger partial charge is 0.308 e. The minimum atomic E-state index is -0.685. The second-order valence-corrected chi connectivity index (χ2v) is 7.82. The van der Waals surface area contributed by atoms with E-state index in [1.807, 2.05) is 13.0 Å². The average molecular weight is 332 g/mol. The van der Waals surface area contributed by atoms with Crippen molar-refractivity contribution in [2.75, 3.05) is 11.5 Å². The van der Waals surface area contributed by atoms with Gasteiger partial charge in [-0.05, 0) is 25.8 Å². The Morgan fingerprint density at radius 1 is 1.45 bits per heavy atom. The van der Waals surface area contributed by atoms with Crippen LogP contribution in [0, 0.1) is 0 Å². The van der Waals surface area contributed by atoms with E-state index >= 15 is 0 Å². The maximum atomic E-state index is 11.5. The van der Waals surface area contributed by atoms with E-state index in [4.69, 9.17) is 23.2 Å². The zero-order valence-electron chi connectivity index (χ0n) is 11.1. The predicted octanol–water partition coefficient (Wildman–Crippen LogP) is 3.47. The number of aromatic nitrogens is 3. The molecule has 1 unspecified atom stereocenters. The van der Waals surface area contributed by atoms with E-state index in [0.29, 0.717) is 5.02 Å². The molecule has 2 aromatic rings. The van der Waals surface area contributed by atoms with Gasteiger partial charge in [0.15, 0.2) is 5.65 Å². The molecule has 0 spiro atoms. The van der Waals surface area contributed by atoms with Crippen molar-refractivity contribution in [3.63, 3.8) is 0 Å². The van der Waals surface area contributed by atoms with E-state index in [1.54, 1.807) is 6.20 Å². The van der Waals surface area contributed by atoms with Gasteiger partial charge in [0, 0.05) is 34.5 Å². The van der Waals surface area contributed by atoms with Gasteiger partial charge in [-0.1, -0.05) is 11.6 Å². The topological polar surface area (TPSA) is 47.8 Å². The molecule has 7 heteroatoms. The quantitative estimate of drug-likeness (QED) is 0.791. The van der Waals surface area contributed by atoms with Gasteiger partial charge in [0.1, 0.15) is 11.3 Å². The molecule has 0 amide bonds. The van der Waals surface area contributed by atoms with Crippen LogP contribution in [0.5, 0.6) is 0 Å². The normalized spacial score (nSPS) is 24.9. The van der Waals surface area contributed by atoms with Crippen LogP contribution in [0.25, 0.3) is 11.2 Å². The molecule has 1 aliphatic heterocycles. The molecule has 3 heterocycles. The molecule has 1 saturated heterocycles. The highest BCUT2D eigenvalue weighted by atomic mass is 35.5. The van der Waals surface area contributed by atoms with Crippen LogP contribution in [-0.4, -0.2) is 30.2 Å². The molecule has 4 nitrogen and oxygen atoms in total. The fourth-order valence-corrected chi connectivity index (χ4v) is 4.24. The molecule has 0 N–H and O–H groups in total. The molecule has 3 rings (SSSR count). The number of rotatable bonds is 2. The Morgan fingerprint density at radius 2 is 2.15 bits per heavy atom. The summed E-state index contributed by atoms with van der Waals surface area (Å²) in [5.41, 5.74) is 1.58. The van der Waals surface area contributed by atoms with E-state index in [9.17, 15) is 4.21 Å². The van der Waals surface area contributed by atoms with E-state index in [0.717, 1.165) is 41.3 Å². The lowest BCUT2D eigenvalue weighted by Gasteiger charge is -2.25. The number of hydrogen-bond acceptors (Lipinski definition) is 3. The second-order valence-electron chi connectivity index (χ2n) is 5.03. The molecule has 0 saturated carbocycles. The minimum absolute atomic E-state index is 0.199. The van der Waals surface area contributed by atoms with Gasteiger partial charge in [-0.2, -0.15) is 0 Å². The van der Waals surface area contributed by atoms with Gasteiger partial charge in [-0.25, -0.2) is 9.97 Å². The van der Waals surface area contributed by atoms with Gasteiger partial charge < -0.3 is 4.57 Å². The second kappa shape index (κ2) is 5.62. The Morgan fingerprint density at radius 3 is 2.80 bits per heavy atom. The average Bonchev–Trinajstić information content (AvgIpc) is 2.78. The Hall–Kier alpha value is -0.650. The number of alkyl halides is 1. The van der Waals surface area contributed by atoms with Crippen molar-refractivity contribution in [3.05, 3.63) is 23.1 Å². The zero-order chi connectivity index (χ0) is 14.3. The lowest BCUT2D eigenvalue weighted by atomic mass is 10.1. The lowest BCUT2D eigenvalue weighted by molar-refractivity contribution is 0.455. The van der Waals surface area contributed by atoms with Crippen molar-refractivity contribution in [1.29, 1.82) is 0 Å². The van der Waals surface area contributed by atoms with Crippen LogP contribution < -0.4 is 0 Å². The molecule has 0 aliphatic carbocycles. The SMILES string of the molecule is CC(Cl)c1nc2cc(Cl)cnc2n1C1CCS(=O)CC1. The zero-order valence-corrected chi connectivity index (χ0v) is 13.4. The van der Waals surface area contributed by atoms with Gasteiger partial charge in [-0.15, -0.1) is 11.6 Å². The summed E-state index contributed by atoms with van der Waals surface area (Å²) in [4.78, 5) is 8.99. The number of fused-ring (bicyclic) bond motifs is 1. The molecule has 0 aromatic carbocycles. The van der Waals surface area contributed by atoms with Crippen molar-refractivity contribution < 1.29 is 4.21 Å². The number of hydrogen-bond donors (Lipinski definition) is 0. The Labute approximate surface area is 130 Å². The Kier molecular flexibility index (Phi) is 4.02. The van der Waals surface area contributed by atoms with E-state index in [2.05, 4.69) is 14.5 Å². The molecule has 1 fully saturated rings. The molecular formula is C13H15Cl2N3OS. The van der Waals surface area contributed by atoms with Crippen LogP contribution in [0.15, 0.2) is 12.3 Å². The Bertz CT molecular complexity index is 661. The summed E-state index contributed by atoms with van der Waals surface area (Å²) in [6, 6.07) is 2.08. The standard InChI is InChI=1S/C13H15Cl2N3OS/c1-8(14)12-17-11-6-9(15)7-16-13(11)18(12)10-2-4-20(19)5-3-10/h6-8,10H,2-5H2,1H3. The number of imidazole rings is 1. The van der Waals surface area contributed by atoms with Crippen molar-refractivity contribution in [1.82, 2.24) is 14.5 Å². The van der Waals surface area contributed by atoms with Crippen molar-refractivity contribution in [2.45, 2.75) is 31.2 Å². The number of nitrogens with zero attached hydrogens (tertiary/aromatic N) is 3. The third-order valence-electron chi connectivity index (χ3n) is 3.60. The summed E-state index contributed by atoms with van der Waals surface area (Å²) in [5.74, 6) is 2.27. The highest BCUT2D eigenvalue weighted by molar-refractivity contribution is 7.85. The molecule has 1 atom stereocenters. The van der Waals surface area contributed by atoms with Crippen LogP contribution in [0.2, 0.25) is 5.02 Å². The van der Waals surface area contributed by atoms with Gasteiger partial charge in [-0.3, -0.25) is 4.21 Å². The molecule has 1 aliphatic rings. The van der Waals surface area contributed by atoms with Crippen LogP contribution in [-0.2, 0) is 10.8 Å². The van der Waals surface area contributed by atoms with Crippen LogP contribution >= 0.6 is 23.2 Å². The first-order valence-electron chi connectivity index (χ1n) is 6.58. The third kappa shape index (κ3) is 2.59. The molecule has 0 radical (unpaired) electrons. The predicted molar refractivity (Wildman–Crippen MR) is 83.0 cm³/mol. The fraction of sp³-hybridized carbons (Fsp3) is 0.538. The maximum Gasteiger partial charge on any atom is 0.160 e. The molecule has 108 valence electrons. The van der Waals surface area contributed by atoms with Crippen molar-refractivity contribution in [2.24, 2.45) is 0 Å². The van der Waals surface area contributed by atoms with Crippen LogP contribution in [0.1, 0.15) is 37.0 Å². The highest BCUT2D eigenvalue weighted by Crippen LogP contribution is 2.32. The summed E-state index contributed by atoms with van der Waals surface area (Å²) in [5, 5.41) is 0.371. The van der Waals surface area contributed by atoms with Gasteiger partial charge in [0.25, 0.3) is 0 Å². The summed E-state index contributed by atoms with van der Waals surface area (Å²) in [6.45, 7) is 1.90. The third-order valence-corrected chi connectivity index (χ3v) is 5.39. The highest BCUT2D eigenvalue weighted by Gasteiger charge is 2.26. The van der Waals surface area contributed by atoms with Crippen LogP contribution in [0.4, 0.5) is 0 Å². The molecule has 0 bridgehead atoms. The van der Waals surface area contributed by atoms with E-state index in [1.165, 1.54) is 0 Å².